The molecular formula is C11H14BrFO2. The van der Waals surface area contributed by atoms with Gasteiger partial charge in [0.2, 0.25) is 0 Å². The largest absolute Gasteiger partial charge is 0.396 e. The van der Waals surface area contributed by atoms with Crippen molar-refractivity contribution in [1.82, 2.24) is 0 Å². The topological polar surface area (TPSA) is 40.5 Å². The predicted molar refractivity (Wildman–Crippen MR) is 60.1 cm³/mol. The van der Waals surface area contributed by atoms with Crippen molar-refractivity contribution in [3.05, 3.63) is 34.1 Å². The maximum Gasteiger partial charge on any atom is 0.126 e. The van der Waals surface area contributed by atoms with Crippen LogP contribution in [-0.4, -0.2) is 23.4 Å². The zero-order valence-corrected chi connectivity index (χ0v) is 10.1. The highest BCUT2D eigenvalue weighted by Gasteiger charge is 2.24. The van der Waals surface area contributed by atoms with Gasteiger partial charge in [-0.1, -0.05) is 22.9 Å². The first kappa shape index (κ1) is 12.6. The lowest BCUT2D eigenvalue weighted by Gasteiger charge is -2.24. The molecule has 0 saturated heterocycles. The summed E-state index contributed by atoms with van der Waals surface area (Å²) >= 11 is 3.26. The molecule has 0 bridgehead atoms. The fraction of sp³-hybridized carbons (Fsp3) is 0.455. The first-order chi connectivity index (χ1) is 7.00. The Kier molecular flexibility index (Phi) is 4.25. The van der Waals surface area contributed by atoms with Gasteiger partial charge in [-0.25, -0.2) is 4.39 Å². The second-order valence-corrected chi connectivity index (χ2v) is 4.96. The fourth-order valence-corrected chi connectivity index (χ4v) is 1.71. The zero-order valence-electron chi connectivity index (χ0n) is 8.50. The number of aliphatic hydroxyl groups excluding tert-OH is 2. The molecule has 0 heterocycles. The highest BCUT2D eigenvalue weighted by Crippen LogP contribution is 2.25. The Morgan fingerprint density at radius 2 is 1.93 bits per heavy atom. The molecule has 4 heteroatoms. The third kappa shape index (κ3) is 3.26. The molecule has 0 aromatic heterocycles. The van der Waals surface area contributed by atoms with Crippen molar-refractivity contribution in [2.75, 3.05) is 13.2 Å². The maximum absolute atomic E-state index is 13.4. The summed E-state index contributed by atoms with van der Waals surface area (Å²) in [6.45, 7) is 1.37. The Bertz CT molecular complexity index is 337. The Morgan fingerprint density at radius 1 is 1.33 bits per heavy atom. The summed E-state index contributed by atoms with van der Waals surface area (Å²) < 4.78 is 14.2. The van der Waals surface area contributed by atoms with Gasteiger partial charge in [0.1, 0.15) is 5.82 Å². The maximum atomic E-state index is 13.4. The minimum Gasteiger partial charge on any atom is -0.396 e. The van der Waals surface area contributed by atoms with Gasteiger partial charge >= 0.3 is 0 Å². The van der Waals surface area contributed by atoms with Crippen LogP contribution in [0.5, 0.6) is 0 Å². The standard InChI is InChI=1S/C11H14BrFO2/c1-11(6-14,7-15)5-8-4-9(12)2-3-10(8)13/h2-4,14-15H,5-7H2,1H3. The lowest BCUT2D eigenvalue weighted by Crippen LogP contribution is -2.29. The van der Waals surface area contributed by atoms with Crippen LogP contribution in [0.2, 0.25) is 0 Å². The van der Waals surface area contributed by atoms with Crippen LogP contribution < -0.4 is 0 Å². The van der Waals surface area contributed by atoms with Gasteiger partial charge in [0.05, 0.1) is 13.2 Å². The molecule has 0 atom stereocenters. The van der Waals surface area contributed by atoms with Crippen molar-refractivity contribution in [2.45, 2.75) is 13.3 Å². The van der Waals surface area contributed by atoms with Crippen LogP contribution in [-0.2, 0) is 6.42 Å². The number of benzene rings is 1. The van der Waals surface area contributed by atoms with Crippen LogP contribution in [0.15, 0.2) is 22.7 Å². The molecule has 0 aliphatic carbocycles. The van der Waals surface area contributed by atoms with E-state index in [4.69, 9.17) is 10.2 Å². The average molecular weight is 277 g/mol. The molecule has 0 amide bonds. The van der Waals surface area contributed by atoms with Crippen LogP contribution in [0.3, 0.4) is 0 Å². The predicted octanol–water partition coefficient (Wildman–Crippen LogP) is 2.12. The van der Waals surface area contributed by atoms with Crippen molar-refractivity contribution in [3.8, 4) is 0 Å². The van der Waals surface area contributed by atoms with E-state index < -0.39 is 5.41 Å². The third-order valence-electron chi connectivity index (χ3n) is 2.39. The van der Waals surface area contributed by atoms with Gasteiger partial charge in [-0.05, 0) is 30.2 Å². The Morgan fingerprint density at radius 3 is 2.47 bits per heavy atom. The monoisotopic (exact) mass is 276 g/mol. The van der Waals surface area contributed by atoms with E-state index in [-0.39, 0.29) is 19.0 Å². The quantitative estimate of drug-likeness (QED) is 0.885. The first-order valence-electron chi connectivity index (χ1n) is 4.66. The molecule has 2 N–H and O–H groups in total. The van der Waals surface area contributed by atoms with E-state index in [9.17, 15) is 4.39 Å². The van der Waals surface area contributed by atoms with Gasteiger partial charge in [0.25, 0.3) is 0 Å². The Hall–Kier alpha value is -0.450. The van der Waals surface area contributed by atoms with Gasteiger partial charge in [-0.3, -0.25) is 0 Å². The molecule has 0 aliphatic heterocycles. The van der Waals surface area contributed by atoms with E-state index in [1.807, 2.05) is 0 Å². The van der Waals surface area contributed by atoms with Gasteiger partial charge in [-0.15, -0.1) is 0 Å². The van der Waals surface area contributed by atoms with Crippen LogP contribution in [0, 0.1) is 11.2 Å². The number of hydrogen-bond acceptors (Lipinski definition) is 2. The van der Waals surface area contributed by atoms with E-state index in [0.717, 1.165) is 4.47 Å². The van der Waals surface area contributed by atoms with Crippen LogP contribution in [0.4, 0.5) is 4.39 Å². The minimum atomic E-state index is -0.679. The number of rotatable bonds is 4. The van der Waals surface area contributed by atoms with Gasteiger partial charge in [0, 0.05) is 9.89 Å². The highest BCUT2D eigenvalue weighted by atomic mass is 79.9. The van der Waals surface area contributed by atoms with Crippen molar-refractivity contribution >= 4 is 15.9 Å². The van der Waals surface area contributed by atoms with E-state index in [0.29, 0.717) is 12.0 Å². The van der Waals surface area contributed by atoms with Crippen LogP contribution >= 0.6 is 15.9 Å². The van der Waals surface area contributed by atoms with Gasteiger partial charge < -0.3 is 10.2 Å². The molecule has 0 unspecified atom stereocenters. The summed E-state index contributed by atoms with van der Waals surface area (Å²) in [4.78, 5) is 0. The number of halogens is 2. The Balaban J connectivity index is 2.92. The lowest BCUT2D eigenvalue weighted by molar-refractivity contribution is 0.0697. The molecule has 0 spiro atoms. The number of aliphatic hydroxyl groups is 2. The van der Waals surface area contributed by atoms with E-state index in [1.54, 1.807) is 19.1 Å². The SMILES string of the molecule is CC(CO)(CO)Cc1cc(Br)ccc1F. The molecule has 15 heavy (non-hydrogen) atoms. The molecule has 0 aliphatic rings. The highest BCUT2D eigenvalue weighted by molar-refractivity contribution is 9.10. The van der Waals surface area contributed by atoms with Crippen molar-refractivity contribution in [1.29, 1.82) is 0 Å². The van der Waals surface area contributed by atoms with E-state index >= 15 is 0 Å². The molecule has 0 fully saturated rings. The summed E-state index contributed by atoms with van der Waals surface area (Å²) in [7, 11) is 0. The van der Waals surface area contributed by atoms with Crippen molar-refractivity contribution < 1.29 is 14.6 Å². The summed E-state index contributed by atoms with van der Waals surface area (Å²) in [6, 6.07) is 4.65. The number of hydrogen-bond donors (Lipinski definition) is 2. The summed E-state index contributed by atoms with van der Waals surface area (Å²) in [5.74, 6) is -0.314. The average Bonchev–Trinajstić information content (AvgIpc) is 2.23. The van der Waals surface area contributed by atoms with Crippen LogP contribution in [0.1, 0.15) is 12.5 Å². The second-order valence-electron chi connectivity index (χ2n) is 4.04. The molecule has 1 aromatic rings. The lowest BCUT2D eigenvalue weighted by atomic mass is 9.85. The van der Waals surface area contributed by atoms with Crippen molar-refractivity contribution in [2.24, 2.45) is 5.41 Å². The second kappa shape index (κ2) is 5.05. The minimum absolute atomic E-state index is 0.171. The van der Waals surface area contributed by atoms with Crippen LogP contribution in [0.25, 0.3) is 0 Å². The van der Waals surface area contributed by atoms with Crippen molar-refractivity contribution in [3.63, 3.8) is 0 Å². The molecule has 1 rings (SSSR count). The third-order valence-corrected chi connectivity index (χ3v) is 2.88. The Labute approximate surface area is 96.9 Å². The first-order valence-corrected chi connectivity index (χ1v) is 5.46. The summed E-state index contributed by atoms with van der Waals surface area (Å²) in [6.07, 6.45) is 0.311. The summed E-state index contributed by atoms with van der Waals surface area (Å²) in [5.41, 5.74) is -0.184. The van der Waals surface area contributed by atoms with E-state index in [2.05, 4.69) is 15.9 Å². The zero-order chi connectivity index (χ0) is 11.5. The summed E-state index contributed by atoms with van der Waals surface area (Å²) in [5, 5.41) is 18.2. The molecule has 0 saturated carbocycles. The molecule has 84 valence electrons. The smallest absolute Gasteiger partial charge is 0.126 e. The fourth-order valence-electron chi connectivity index (χ4n) is 1.30. The molecule has 1 aromatic carbocycles. The van der Waals surface area contributed by atoms with Gasteiger partial charge in [-0.2, -0.15) is 0 Å². The normalized spacial score (nSPS) is 11.8. The molecule has 2 nitrogen and oxygen atoms in total. The molecular weight excluding hydrogens is 263 g/mol. The molecule has 0 radical (unpaired) electrons. The van der Waals surface area contributed by atoms with E-state index in [1.165, 1.54) is 6.07 Å². The van der Waals surface area contributed by atoms with Gasteiger partial charge in [0.15, 0.2) is 0 Å².